The van der Waals surface area contributed by atoms with Gasteiger partial charge in [0.1, 0.15) is 11.3 Å². The molecular weight excluding hydrogens is 1140 g/mol. The van der Waals surface area contributed by atoms with Crippen molar-refractivity contribution in [2.24, 2.45) is 5.41 Å². The van der Waals surface area contributed by atoms with Gasteiger partial charge in [0.25, 0.3) is 11.8 Å². The fourth-order valence-corrected chi connectivity index (χ4v) is 8.34. The number of carbonyl (C=O) groups is 8. The van der Waals surface area contributed by atoms with Crippen LogP contribution < -0.4 is 46.1 Å². The zero-order valence-electron chi connectivity index (χ0n) is 46.1. The Morgan fingerprint density at radius 2 is 0.771 bits per heavy atom. The number of ether oxygens (including phenoxy) is 3. The first-order chi connectivity index (χ1) is 39.0. The molecule has 0 bridgehead atoms. The average Bonchev–Trinajstić information content (AvgIpc) is 3.44. The van der Waals surface area contributed by atoms with Crippen LogP contribution in [0.4, 0.5) is 17.1 Å². The summed E-state index contributed by atoms with van der Waals surface area (Å²) >= 11 is -7.51. The van der Waals surface area contributed by atoms with E-state index in [0.29, 0.717) is 59.4 Å². The van der Waals surface area contributed by atoms with Gasteiger partial charge in [0.2, 0.25) is 23.6 Å². The number of benzene rings is 3. The summed E-state index contributed by atoms with van der Waals surface area (Å²) in [5, 5.41) is 16.7. The van der Waals surface area contributed by atoms with Crippen LogP contribution in [0.3, 0.4) is 0 Å². The lowest BCUT2D eigenvalue weighted by molar-refractivity contribution is -0.131. The van der Waals surface area contributed by atoms with E-state index in [1.807, 2.05) is 0 Å². The second-order valence-corrected chi connectivity index (χ2v) is 21.7. The average molecular weight is 1220 g/mol. The van der Waals surface area contributed by atoms with Crippen LogP contribution in [-0.4, -0.2) is 151 Å². The maximum Gasteiger partial charge on any atom is 0.251 e. The highest BCUT2D eigenvalue weighted by Gasteiger charge is 2.34. The first kappa shape index (κ1) is 72.5. The van der Waals surface area contributed by atoms with Gasteiger partial charge in [-0.2, -0.15) is 0 Å². The molecule has 0 heterocycles. The molecular formula is C54H78N9O17S3-3. The van der Waals surface area contributed by atoms with Gasteiger partial charge >= 0.3 is 0 Å². The molecule has 3 aromatic carbocycles. The molecule has 0 aliphatic rings. The number of carbonyl (C=O) groups excluding carboxylic acids is 8. The second kappa shape index (κ2) is 39.8. The molecule has 3 atom stereocenters. The van der Waals surface area contributed by atoms with Gasteiger partial charge in [-0.05, 0) is 105 Å². The number of Topliss-reactive ketones (excluding diaryl/α,β-unsaturated/α-hetero) is 2. The number of anilines is 3. The van der Waals surface area contributed by atoms with Crippen LogP contribution >= 0.6 is 0 Å². The summed E-state index contributed by atoms with van der Waals surface area (Å²) in [4.78, 5) is 102. The molecule has 3 rings (SSSR count). The number of hydrogen-bond acceptors (Lipinski definition) is 17. The van der Waals surface area contributed by atoms with Crippen LogP contribution in [0, 0.1) is 5.41 Å². The van der Waals surface area contributed by atoms with Crippen molar-refractivity contribution in [3.05, 3.63) is 89.5 Å². The van der Waals surface area contributed by atoms with E-state index in [9.17, 15) is 64.6 Å². The highest BCUT2D eigenvalue weighted by molar-refractivity contribution is 7.81. The third-order valence-corrected chi connectivity index (χ3v) is 13.0. The minimum absolute atomic E-state index is 0. The van der Waals surface area contributed by atoms with E-state index in [1.165, 1.54) is 72.8 Å². The number of nitrogens with one attached hydrogen (secondary N) is 9. The van der Waals surface area contributed by atoms with Crippen LogP contribution in [0.5, 0.6) is 0 Å². The molecule has 83 heavy (non-hydrogen) atoms. The van der Waals surface area contributed by atoms with Crippen molar-refractivity contribution in [2.75, 3.05) is 86.5 Å². The highest BCUT2D eigenvalue weighted by atomic mass is 32.2. The highest BCUT2D eigenvalue weighted by Crippen LogP contribution is 2.19. The predicted octanol–water partition coefficient (Wildman–Crippen LogP) is 3.14. The Hall–Kier alpha value is -6.57. The van der Waals surface area contributed by atoms with E-state index in [-0.39, 0.29) is 154 Å². The molecule has 9 N–H and O–H groups in total. The Balaban J connectivity index is 0.0000235. The number of hydrogen-bond donors (Lipinski definition) is 9. The molecule has 0 aromatic heterocycles. The quantitative estimate of drug-likeness (QED) is 0.0223. The lowest BCUT2D eigenvalue weighted by atomic mass is 9.88. The van der Waals surface area contributed by atoms with E-state index < -0.39 is 62.5 Å². The fraction of sp³-hybridized carbons (Fsp3) is 0.519. The number of amides is 6. The van der Waals surface area contributed by atoms with Crippen molar-refractivity contribution in [2.45, 2.75) is 104 Å². The maximum absolute atomic E-state index is 13.6. The van der Waals surface area contributed by atoms with Crippen molar-refractivity contribution in [3.8, 4) is 0 Å². The topological polar surface area (TPSA) is 393 Å². The molecule has 3 unspecified atom stereocenters. The summed E-state index contributed by atoms with van der Waals surface area (Å²) < 4.78 is 89.6. The molecule has 0 radical (unpaired) electrons. The van der Waals surface area contributed by atoms with Gasteiger partial charge in [-0.15, -0.1) is 0 Å². The molecule has 0 aliphatic heterocycles. The largest absolute Gasteiger partial charge is 0.755 e. The van der Waals surface area contributed by atoms with Gasteiger partial charge in [-0.1, -0.05) is 28.2 Å². The third kappa shape index (κ3) is 32.2. The Labute approximate surface area is 492 Å². The third-order valence-electron chi connectivity index (χ3n) is 11.8. The lowest BCUT2D eigenvalue weighted by Gasteiger charge is -2.34. The first-order valence-electron chi connectivity index (χ1n) is 26.4. The second-order valence-electron chi connectivity index (χ2n) is 19.7. The minimum Gasteiger partial charge on any atom is -0.755 e. The van der Waals surface area contributed by atoms with Crippen molar-refractivity contribution < 1.29 is 78.9 Å². The van der Waals surface area contributed by atoms with E-state index >= 15 is 0 Å². The molecule has 0 aliphatic carbocycles. The molecule has 0 saturated carbocycles. The van der Waals surface area contributed by atoms with Crippen LogP contribution in [-0.2, 0) is 72.0 Å². The Kier molecular flexibility index (Phi) is 34.8. The molecule has 6 amide bonds. The van der Waals surface area contributed by atoms with E-state index in [0.717, 1.165) is 0 Å². The summed E-state index contributed by atoms with van der Waals surface area (Å²) in [6.45, 7) is 5.39. The van der Waals surface area contributed by atoms with Gasteiger partial charge in [0, 0.05) is 144 Å². The van der Waals surface area contributed by atoms with Gasteiger partial charge < -0.3 is 73.9 Å². The van der Waals surface area contributed by atoms with E-state index in [2.05, 4.69) is 46.1 Å². The molecule has 462 valence electrons. The monoisotopic (exact) mass is 1220 g/mol. The molecule has 0 spiro atoms. The van der Waals surface area contributed by atoms with Crippen molar-refractivity contribution in [1.29, 1.82) is 0 Å². The SMILES string of the molecule is C.CC(C)(C)C(=O)CCCC(=O)NC(COCCC(=O)NCCCCC(=O)c1ccc(NS(=O)[O-])cc1)(COCCC(=O)NCCCNC(=O)c1ccc(NS(=O)[O-])cc1)COCCC(=O)NCCCNC(=O)c1ccc(NS(=O)[O-])cc1. The number of unbranched alkanes of at least 4 members (excludes halogenated alkanes) is 1. The van der Waals surface area contributed by atoms with Crippen LogP contribution in [0.2, 0.25) is 0 Å². The molecule has 29 heteroatoms. The predicted molar refractivity (Wildman–Crippen MR) is 310 cm³/mol. The number of rotatable bonds is 42. The number of ketones is 2. The Morgan fingerprint density at radius 3 is 1.13 bits per heavy atom. The normalized spacial score (nSPS) is 12.8. The zero-order chi connectivity index (χ0) is 60.3. The van der Waals surface area contributed by atoms with Crippen LogP contribution in [0.15, 0.2) is 72.8 Å². The molecule has 0 fully saturated rings. The lowest BCUT2D eigenvalue weighted by Crippen LogP contribution is -2.58. The smallest absolute Gasteiger partial charge is 0.251 e. The van der Waals surface area contributed by atoms with Gasteiger partial charge in [-0.25, -0.2) is 0 Å². The molecule has 26 nitrogen and oxygen atoms in total. The maximum atomic E-state index is 13.6. The fourth-order valence-electron chi connectivity index (χ4n) is 7.35. The van der Waals surface area contributed by atoms with Gasteiger partial charge in [0.05, 0.1) is 39.6 Å². The summed E-state index contributed by atoms with van der Waals surface area (Å²) in [5.74, 6) is -2.52. The van der Waals surface area contributed by atoms with Gasteiger partial charge in [0.15, 0.2) is 5.78 Å². The van der Waals surface area contributed by atoms with Crippen LogP contribution in [0.1, 0.15) is 130 Å². The van der Waals surface area contributed by atoms with Gasteiger partial charge in [-0.3, -0.25) is 51.0 Å². The Morgan fingerprint density at radius 1 is 0.422 bits per heavy atom. The first-order valence-corrected chi connectivity index (χ1v) is 29.6. The zero-order valence-corrected chi connectivity index (χ0v) is 48.6. The molecule has 3 aromatic rings. The van der Waals surface area contributed by atoms with E-state index in [4.69, 9.17) is 14.2 Å². The van der Waals surface area contributed by atoms with Crippen molar-refractivity contribution >= 4 is 97.9 Å². The summed E-state index contributed by atoms with van der Waals surface area (Å²) in [6, 6.07) is 17.6. The van der Waals surface area contributed by atoms with Crippen molar-refractivity contribution in [1.82, 2.24) is 31.9 Å². The summed E-state index contributed by atoms with van der Waals surface area (Å²) in [6.07, 6.45) is 1.97. The summed E-state index contributed by atoms with van der Waals surface area (Å²) in [5.41, 5.74) is -0.118. The van der Waals surface area contributed by atoms with E-state index in [1.54, 1.807) is 20.8 Å². The minimum atomic E-state index is -2.51. The van der Waals surface area contributed by atoms with Crippen LogP contribution in [0.25, 0.3) is 0 Å². The standard InChI is InChI=1S/C53H77N9O17S3.CH4/c1-52(2,3)45(64)10-6-11-49(68)59-53(35-77-32-24-46(65)54-27-5-4-9-44(63)38-12-18-41(19-13-38)60-80(71)72,36-78-33-25-47(66)55-28-7-30-57-50(69)39-14-20-42(21-15-39)61-81(73)74)37-79-34-26-48(67)56-29-8-31-58-51(70)40-16-22-43(23-17-40)62-82(75)76;/h12-23,60-62H,4-11,24-37H2,1-3H3,(H,54,65)(H,55,66)(H,56,67)(H,57,69)(H,58,70)(H,59,68)(H,71,72)(H,73,74)(H,75,76);1H4/p-3. The van der Waals surface area contributed by atoms with Crippen molar-refractivity contribution in [3.63, 3.8) is 0 Å². The Bertz CT molecular complexity index is 2360. The molecule has 0 saturated heterocycles. The summed E-state index contributed by atoms with van der Waals surface area (Å²) in [7, 11) is 0.